The van der Waals surface area contributed by atoms with Gasteiger partial charge in [0.15, 0.2) is 0 Å². The summed E-state index contributed by atoms with van der Waals surface area (Å²) in [7, 11) is 0. The van der Waals surface area contributed by atoms with Crippen molar-refractivity contribution in [1.82, 2.24) is 4.98 Å². The summed E-state index contributed by atoms with van der Waals surface area (Å²) in [5, 5.41) is 3.52. The maximum Gasteiger partial charge on any atom is 0.126 e. The zero-order chi connectivity index (χ0) is 13.9. The molecule has 0 aromatic carbocycles. The van der Waals surface area contributed by atoms with Crippen LogP contribution in [0.4, 0.5) is 5.82 Å². The van der Waals surface area contributed by atoms with Crippen molar-refractivity contribution in [1.29, 1.82) is 0 Å². The summed E-state index contributed by atoms with van der Waals surface area (Å²) in [5.41, 5.74) is 1.44. The fraction of sp³-hybridized carbons (Fsp3) is 0.688. The number of nitrogens with one attached hydrogen (secondary N) is 1. The Balaban J connectivity index is 1.95. The van der Waals surface area contributed by atoms with Crippen LogP contribution in [0.2, 0.25) is 0 Å². The van der Waals surface area contributed by atoms with E-state index in [1.165, 1.54) is 5.56 Å². The Morgan fingerprint density at radius 3 is 2.47 bits per heavy atom. The molecule has 19 heavy (non-hydrogen) atoms. The van der Waals surface area contributed by atoms with E-state index in [9.17, 15) is 0 Å². The van der Waals surface area contributed by atoms with Gasteiger partial charge >= 0.3 is 0 Å². The van der Waals surface area contributed by atoms with Crippen LogP contribution >= 0.6 is 0 Å². The molecule has 1 aromatic rings. The van der Waals surface area contributed by atoms with Crippen LogP contribution < -0.4 is 5.32 Å². The molecular formula is C16H26N2O. The van der Waals surface area contributed by atoms with Gasteiger partial charge in [0.2, 0.25) is 0 Å². The highest BCUT2D eigenvalue weighted by atomic mass is 16.5. The molecule has 1 aliphatic heterocycles. The second-order valence-corrected chi connectivity index (χ2v) is 6.56. The molecule has 1 atom stereocenters. The second kappa shape index (κ2) is 5.91. The Hall–Kier alpha value is -1.09. The number of aromatic nitrogens is 1. The minimum atomic E-state index is 0.165. The lowest BCUT2D eigenvalue weighted by Crippen LogP contribution is -2.31. The van der Waals surface area contributed by atoms with E-state index in [2.05, 4.69) is 50.1 Å². The molecule has 0 saturated carbocycles. The van der Waals surface area contributed by atoms with Crippen molar-refractivity contribution in [2.24, 2.45) is 5.92 Å². The van der Waals surface area contributed by atoms with Crippen molar-refractivity contribution < 1.29 is 4.74 Å². The molecule has 1 fully saturated rings. The molecule has 0 spiro atoms. The monoisotopic (exact) mass is 262 g/mol. The smallest absolute Gasteiger partial charge is 0.126 e. The lowest BCUT2D eigenvalue weighted by atomic mass is 9.88. The highest BCUT2D eigenvalue weighted by Crippen LogP contribution is 2.24. The third-order valence-electron chi connectivity index (χ3n) is 3.98. The normalized spacial score (nSPS) is 19.2. The van der Waals surface area contributed by atoms with E-state index in [0.717, 1.165) is 31.9 Å². The zero-order valence-corrected chi connectivity index (χ0v) is 12.6. The Kier molecular flexibility index (Phi) is 4.46. The minimum absolute atomic E-state index is 0.165. The second-order valence-electron chi connectivity index (χ2n) is 6.56. The summed E-state index contributed by atoms with van der Waals surface area (Å²) in [5.74, 6) is 1.67. The highest BCUT2D eigenvalue weighted by molar-refractivity contribution is 5.38. The van der Waals surface area contributed by atoms with Crippen LogP contribution in [0.3, 0.4) is 0 Å². The van der Waals surface area contributed by atoms with E-state index in [-0.39, 0.29) is 5.41 Å². The van der Waals surface area contributed by atoms with Gasteiger partial charge in [0.05, 0.1) is 0 Å². The quantitative estimate of drug-likeness (QED) is 0.903. The van der Waals surface area contributed by atoms with Crippen LogP contribution in [0, 0.1) is 5.92 Å². The molecular weight excluding hydrogens is 236 g/mol. The van der Waals surface area contributed by atoms with Gasteiger partial charge in [0, 0.05) is 25.5 Å². The number of anilines is 1. The first-order valence-electron chi connectivity index (χ1n) is 7.27. The first kappa shape index (κ1) is 14.3. The number of rotatable bonds is 3. The number of pyridine rings is 1. The Morgan fingerprint density at radius 1 is 1.26 bits per heavy atom. The van der Waals surface area contributed by atoms with Gasteiger partial charge in [-0.1, -0.05) is 26.8 Å². The predicted octanol–water partition coefficient (Wildman–Crippen LogP) is 3.61. The van der Waals surface area contributed by atoms with Gasteiger partial charge in [-0.2, -0.15) is 0 Å². The SMILES string of the molecule is CC(Nc1ccc(C(C)(C)C)cn1)C1CCOCC1. The van der Waals surface area contributed by atoms with Crippen molar-refractivity contribution in [3.8, 4) is 0 Å². The summed E-state index contributed by atoms with van der Waals surface area (Å²) < 4.78 is 5.41. The first-order chi connectivity index (χ1) is 8.97. The van der Waals surface area contributed by atoms with Gasteiger partial charge in [0.25, 0.3) is 0 Å². The fourth-order valence-electron chi connectivity index (χ4n) is 2.49. The van der Waals surface area contributed by atoms with Crippen molar-refractivity contribution >= 4 is 5.82 Å². The lowest BCUT2D eigenvalue weighted by molar-refractivity contribution is 0.0622. The third kappa shape index (κ3) is 3.93. The molecule has 106 valence electrons. The van der Waals surface area contributed by atoms with E-state index >= 15 is 0 Å². The predicted molar refractivity (Wildman–Crippen MR) is 79.6 cm³/mol. The van der Waals surface area contributed by atoms with Crippen molar-refractivity contribution in [2.45, 2.75) is 52.0 Å². The summed E-state index contributed by atoms with van der Waals surface area (Å²) >= 11 is 0. The van der Waals surface area contributed by atoms with Crippen LogP contribution in [-0.4, -0.2) is 24.2 Å². The summed E-state index contributed by atoms with van der Waals surface area (Å²) in [6, 6.07) is 4.72. The molecule has 1 aromatic heterocycles. The van der Waals surface area contributed by atoms with Crippen LogP contribution in [0.15, 0.2) is 18.3 Å². The Bertz CT molecular complexity index is 388. The number of hydrogen-bond donors (Lipinski definition) is 1. The summed E-state index contributed by atoms with van der Waals surface area (Å²) in [6.07, 6.45) is 4.28. The zero-order valence-electron chi connectivity index (χ0n) is 12.6. The first-order valence-corrected chi connectivity index (χ1v) is 7.27. The maximum atomic E-state index is 5.41. The van der Waals surface area contributed by atoms with E-state index in [1.54, 1.807) is 0 Å². The molecule has 0 amide bonds. The number of hydrogen-bond acceptors (Lipinski definition) is 3. The lowest BCUT2D eigenvalue weighted by Gasteiger charge is -2.29. The molecule has 1 N–H and O–H groups in total. The number of ether oxygens (including phenoxy) is 1. The third-order valence-corrected chi connectivity index (χ3v) is 3.98. The highest BCUT2D eigenvalue weighted by Gasteiger charge is 2.20. The molecule has 2 heterocycles. The number of nitrogens with zero attached hydrogens (tertiary/aromatic N) is 1. The van der Waals surface area contributed by atoms with Gasteiger partial charge in [-0.15, -0.1) is 0 Å². The molecule has 0 radical (unpaired) electrons. The molecule has 1 unspecified atom stereocenters. The standard InChI is InChI=1S/C16H26N2O/c1-12(13-7-9-19-10-8-13)18-15-6-5-14(11-17-15)16(2,3)4/h5-6,11-13H,7-10H2,1-4H3,(H,17,18). The molecule has 0 aliphatic carbocycles. The Labute approximate surface area is 116 Å². The molecule has 3 heteroatoms. The average molecular weight is 262 g/mol. The van der Waals surface area contributed by atoms with Gasteiger partial charge in [-0.25, -0.2) is 4.98 Å². The van der Waals surface area contributed by atoms with Gasteiger partial charge in [-0.05, 0) is 42.7 Å². The van der Waals surface area contributed by atoms with Crippen molar-refractivity contribution in [2.75, 3.05) is 18.5 Å². The van der Waals surface area contributed by atoms with Gasteiger partial charge in [-0.3, -0.25) is 0 Å². The summed E-state index contributed by atoms with van der Waals surface area (Å²) in [4.78, 5) is 4.54. The van der Waals surface area contributed by atoms with Crippen molar-refractivity contribution in [3.63, 3.8) is 0 Å². The van der Waals surface area contributed by atoms with Gasteiger partial charge < -0.3 is 10.1 Å². The topological polar surface area (TPSA) is 34.2 Å². The van der Waals surface area contributed by atoms with E-state index in [0.29, 0.717) is 12.0 Å². The van der Waals surface area contributed by atoms with Crippen LogP contribution in [0.5, 0.6) is 0 Å². The van der Waals surface area contributed by atoms with E-state index in [4.69, 9.17) is 4.74 Å². The van der Waals surface area contributed by atoms with E-state index < -0.39 is 0 Å². The minimum Gasteiger partial charge on any atom is -0.381 e. The fourth-order valence-corrected chi connectivity index (χ4v) is 2.49. The van der Waals surface area contributed by atoms with Crippen LogP contribution in [0.1, 0.15) is 46.1 Å². The van der Waals surface area contributed by atoms with E-state index in [1.807, 2.05) is 6.20 Å². The van der Waals surface area contributed by atoms with Crippen LogP contribution in [-0.2, 0) is 10.2 Å². The summed E-state index contributed by atoms with van der Waals surface area (Å²) in [6.45, 7) is 10.7. The molecule has 2 rings (SSSR count). The molecule has 0 bridgehead atoms. The molecule has 1 saturated heterocycles. The maximum absolute atomic E-state index is 5.41. The molecule has 1 aliphatic rings. The van der Waals surface area contributed by atoms with Crippen LogP contribution in [0.25, 0.3) is 0 Å². The largest absolute Gasteiger partial charge is 0.381 e. The average Bonchev–Trinajstić information content (AvgIpc) is 2.39. The molecule has 3 nitrogen and oxygen atoms in total. The Morgan fingerprint density at radius 2 is 1.95 bits per heavy atom. The van der Waals surface area contributed by atoms with Gasteiger partial charge in [0.1, 0.15) is 5.82 Å². The van der Waals surface area contributed by atoms with Crippen molar-refractivity contribution in [3.05, 3.63) is 23.9 Å².